The molecule has 0 saturated carbocycles. The van der Waals surface area contributed by atoms with E-state index in [1.165, 1.54) is 10.4 Å². The number of aliphatic hydroxyl groups is 1. The fourth-order valence-electron chi connectivity index (χ4n) is 1.85. The van der Waals surface area contributed by atoms with Gasteiger partial charge in [-0.1, -0.05) is 32.9 Å². The highest BCUT2D eigenvalue weighted by Gasteiger charge is 2.32. The fraction of sp³-hybridized carbons (Fsp3) is 0.600. The van der Waals surface area contributed by atoms with Crippen LogP contribution in [0.5, 0.6) is 0 Å². The maximum absolute atomic E-state index is 12.6. The molecule has 5 heteroatoms. The smallest absolute Gasteiger partial charge is 0.243 e. The number of rotatable bonds is 4. The first kappa shape index (κ1) is 17.1. The van der Waals surface area contributed by atoms with Crippen molar-refractivity contribution in [2.24, 2.45) is 5.41 Å². The molecule has 0 aliphatic heterocycles. The van der Waals surface area contributed by atoms with E-state index in [9.17, 15) is 13.5 Å². The Morgan fingerprint density at radius 2 is 1.75 bits per heavy atom. The molecule has 114 valence electrons. The number of hydrogen-bond acceptors (Lipinski definition) is 3. The van der Waals surface area contributed by atoms with Gasteiger partial charge in [-0.25, -0.2) is 8.42 Å². The van der Waals surface area contributed by atoms with Gasteiger partial charge < -0.3 is 5.11 Å². The van der Waals surface area contributed by atoms with Crippen LogP contribution in [0.4, 0.5) is 0 Å². The van der Waals surface area contributed by atoms with Gasteiger partial charge in [-0.3, -0.25) is 0 Å². The van der Waals surface area contributed by atoms with Gasteiger partial charge in [-0.15, -0.1) is 0 Å². The number of sulfonamides is 1. The van der Waals surface area contributed by atoms with Gasteiger partial charge in [-0.2, -0.15) is 4.31 Å². The van der Waals surface area contributed by atoms with E-state index < -0.39 is 16.1 Å². The van der Waals surface area contributed by atoms with Crippen LogP contribution in [0.3, 0.4) is 0 Å². The molecule has 0 aromatic heterocycles. The second-order valence-corrected chi connectivity index (χ2v) is 8.31. The van der Waals surface area contributed by atoms with Crippen molar-refractivity contribution in [3.05, 3.63) is 29.8 Å². The van der Waals surface area contributed by atoms with Gasteiger partial charge in [0.05, 0.1) is 11.0 Å². The summed E-state index contributed by atoms with van der Waals surface area (Å²) in [6, 6.07) is 6.34. The van der Waals surface area contributed by atoms with Gasteiger partial charge in [0.15, 0.2) is 0 Å². The van der Waals surface area contributed by atoms with Gasteiger partial charge in [0, 0.05) is 13.1 Å². The van der Waals surface area contributed by atoms with Crippen LogP contribution in [0.15, 0.2) is 29.2 Å². The van der Waals surface area contributed by atoms with E-state index >= 15 is 0 Å². The zero-order chi connectivity index (χ0) is 15.7. The van der Waals surface area contributed by atoms with Crippen LogP contribution in [0.25, 0.3) is 0 Å². The maximum atomic E-state index is 12.6. The van der Waals surface area contributed by atoms with Crippen LogP contribution >= 0.6 is 0 Å². The summed E-state index contributed by atoms with van der Waals surface area (Å²) in [6.07, 6.45) is -0.685. The third-order valence-corrected chi connectivity index (χ3v) is 5.74. The molecule has 0 saturated heterocycles. The maximum Gasteiger partial charge on any atom is 0.243 e. The minimum atomic E-state index is -3.56. The van der Waals surface area contributed by atoms with Crippen molar-refractivity contribution in [3.63, 3.8) is 0 Å². The average molecular weight is 299 g/mol. The number of hydrogen-bond donors (Lipinski definition) is 1. The standard InChI is InChI=1S/C15H25NO3S/c1-11(17)13-8-7-9-14(10-13)20(18,19)16(6)12(2)15(3,4)5/h7-12,17H,1-6H3. The molecular formula is C15H25NO3S. The van der Waals surface area contributed by atoms with E-state index in [0.717, 1.165) is 0 Å². The van der Waals surface area contributed by atoms with Crippen LogP contribution < -0.4 is 0 Å². The predicted molar refractivity (Wildman–Crippen MR) is 80.9 cm³/mol. The Balaban J connectivity index is 3.20. The molecule has 20 heavy (non-hydrogen) atoms. The summed E-state index contributed by atoms with van der Waals surface area (Å²) in [5.74, 6) is 0. The molecule has 1 aromatic carbocycles. The van der Waals surface area contributed by atoms with Crippen molar-refractivity contribution < 1.29 is 13.5 Å². The molecule has 0 aliphatic rings. The van der Waals surface area contributed by atoms with E-state index in [2.05, 4.69) is 0 Å². The van der Waals surface area contributed by atoms with Gasteiger partial charge >= 0.3 is 0 Å². The van der Waals surface area contributed by atoms with Crippen LogP contribution in [-0.2, 0) is 10.0 Å². The quantitative estimate of drug-likeness (QED) is 0.930. The monoisotopic (exact) mass is 299 g/mol. The minimum Gasteiger partial charge on any atom is -0.389 e. The molecule has 0 aliphatic carbocycles. The lowest BCUT2D eigenvalue weighted by Gasteiger charge is -2.34. The Bertz CT molecular complexity index is 559. The van der Waals surface area contributed by atoms with E-state index in [-0.39, 0.29) is 16.4 Å². The van der Waals surface area contributed by atoms with Gasteiger partial charge in [-0.05, 0) is 37.0 Å². The van der Waals surface area contributed by atoms with Crippen LogP contribution in [-0.4, -0.2) is 30.9 Å². The highest BCUT2D eigenvalue weighted by molar-refractivity contribution is 7.89. The van der Waals surface area contributed by atoms with Crippen molar-refractivity contribution in [2.45, 2.75) is 51.7 Å². The van der Waals surface area contributed by atoms with E-state index in [1.807, 2.05) is 27.7 Å². The highest BCUT2D eigenvalue weighted by Crippen LogP contribution is 2.28. The third kappa shape index (κ3) is 3.59. The molecule has 1 aromatic rings. The summed E-state index contributed by atoms with van der Waals surface area (Å²) in [5, 5.41) is 9.58. The Labute approximate surface area is 122 Å². The zero-order valence-corrected chi connectivity index (χ0v) is 13.9. The van der Waals surface area contributed by atoms with Crippen molar-refractivity contribution in [3.8, 4) is 0 Å². The van der Waals surface area contributed by atoms with E-state index in [1.54, 1.807) is 32.2 Å². The first-order valence-corrected chi connectivity index (χ1v) is 8.18. The number of aliphatic hydroxyl groups excluding tert-OH is 1. The van der Waals surface area contributed by atoms with Crippen LogP contribution in [0.1, 0.15) is 46.3 Å². The largest absolute Gasteiger partial charge is 0.389 e. The molecule has 2 atom stereocenters. The van der Waals surface area contributed by atoms with Crippen LogP contribution in [0.2, 0.25) is 0 Å². The van der Waals surface area contributed by atoms with Gasteiger partial charge in [0.1, 0.15) is 0 Å². The minimum absolute atomic E-state index is 0.136. The van der Waals surface area contributed by atoms with Crippen molar-refractivity contribution in [2.75, 3.05) is 7.05 Å². The Morgan fingerprint density at radius 3 is 2.20 bits per heavy atom. The summed E-state index contributed by atoms with van der Waals surface area (Å²) in [7, 11) is -1.96. The predicted octanol–water partition coefficient (Wildman–Crippen LogP) is 2.80. The van der Waals surface area contributed by atoms with Crippen molar-refractivity contribution in [1.29, 1.82) is 0 Å². The second-order valence-electron chi connectivity index (χ2n) is 6.31. The Kier molecular flexibility index (Phi) is 5.00. The Hall–Kier alpha value is -0.910. The molecule has 1 rings (SSSR count). The van der Waals surface area contributed by atoms with Gasteiger partial charge in [0.2, 0.25) is 10.0 Å². The molecule has 0 heterocycles. The van der Waals surface area contributed by atoms with E-state index in [0.29, 0.717) is 5.56 Å². The summed E-state index contributed by atoms with van der Waals surface area (Å²) in [6.45, 7) is 9.55. The molecular weight excluding hydrogens is 274 g/mol. The Morgan fingerprint density at radius 1 is 1.20 bits per heavy atom. The first-order chi connectivity index (χ1) is 8.98. The molecule has 1 N–H and O–H groups in total. The van der Waals surface area contributed by atoms with Crippen molar-refractivity contribution >= 4 is 10.0 Å². The zero-order valence-electron chi connectivity index (χ0n) is 13.1. The van der Waals surface area contributed by atoms with Crippen molar-refractivity contribution in [1.82, 2.24) is 4.31 Å². The fourth-order valence-corrected chi connectivity index (χ4v) is 3.46. The first-order valence-electron chi connectivity index (χ1n) is 6.74. The molecule has 2 unspecified atom stereocenters. The lowest BCUT2D eigenvalue weighted by molar-refractivity contribution is 0.199. The molecule has 0 bridgehead atoms. The average Bonchev–Trinajstić information content (AvgIpc) is 2.35. The molecule has 0 fully saturated rings. The normalized spacial score (nSPS) is 16.2. The number of nitrogens with zero attached hydrogens (tertiary/aromatic N) is 1. The third-order valence-electron chi connectivity index (χ3n) is 3.82. The molecule has 4 nitrogen and oxygen atoms in total. The van der Waals surface area contributed by atoms with E-state index in [4.69, 9.17) is 0 Å². The molecule has 0 amide bonds. The summed E-state index contributed by atoms with van der Waals surface area (Å²) < 4.78 is 26.7. The summed E-state index contributed by atoms with van der Waals surface area (Å²) >= 11 is 0. The SMILES string of the molecule is CC(O)c1cccc(S(=O)(=O)N(C)C(C)C(C)(C)C)c1. The summed E-state index contributed by atoms with van der Waals surface area (Å²) in [5.41, 5.74) is 0.451. The lowest BCUT2D eigenvalue weighted by Crippen LogP contribution is -2.42. The summed E-state index contributed by atoms with van der Waals surface area (Å²) in [4.78, 5) is 0.217. The number of benzene rings is 1. The molecule has 0 radical (unpaired) electrons. The highest BCUT2D eigenvalue weighted by atomic mass is 32.2. The van der Waals surface area contributed by atoms with Crippen LogP contribution in [0, 0.1) is 5.41 Å². The second kappa shape index (κ2) is 5.84. The topological polar surface area (TPSA) is 57.6 Å². The molecule has 0 spiro atoms. The van der Waals surface area contributed by atoms with Gasteiger partial charge in [0.25, 0.3) is 0 Å². The lowest BCUT2D eigenvalue weighted by atomic mass is 9.88.